The largest absolute Gasteiger partial charge is 0.338 e. The molecule has 1 aromatic carbocycles. The van der Waals surface area contributed by atoms with E-state index in [4.69, 9.17) is 0 Å². The molecule has 3 rings (SSSR count). The van der Waals surface area contributed by atoms with Gasteiger partial charge in [0.25, 0.3) is 0 Å². The van der Waals surface area contributed by atoms with Crippen LogP contribution in [0.2, 0.25) is 0 Å². The Morgan fingerprint density at radius 1 is 1.36 bits per heavy atom. The Balaban J connectivity index is 1.59. The second kappa shape index (κ2) is 8.55. The number of H-pyrrole nitrogens is 1. The molecule has 1 aromatic heterocycles. The van der Waals surface area contributed by atoms with Crippen molar-refractivity contribution in [2.45, 2.75) is 44.6 Å². The van der Waals surface area contributed by atoms with Crippen molar-refractivity contribution in [3.8, 4) is 0 Å². The number of halogens is 1. The van der Waals surface area contributed by atoms with Crippen LogP contribution in [0.15, 0.2) is 24.3 Å². The fourth-order valence-corrected chi connectivity index (χ4v) is 3.24. The third-order valence-electron chi connectivity index (χ3n) is 4.49. The topological polar surface area (TPSA) is 86.8 Å². The Labute approximate surface area is 146 Å². The molecular weight excluding hydrogens is 323 g/mol. The standard InChI is InChI=1S/C17H23FN6O/c18-14-7-4-6-13(12-14)15-8-2-1-3-11-24(15)17(25)19-10-5-9-16-20-22-23-21-16/h4,6-7,12,15H,1-3,5,8-11H2,(H,19,25)(H,20,21,22,23)/t15-/m1/s1. The third kappa shape index (κ3) is 4.74. The van der Waals surface area contributed by atoms with Gasteiger partial charge in [0.1, 0.15) is 5.82 Å². The highest BCUT2D eigenvalue weighted by Gasteiger charge is 2.26. The molecule has 8 heteroatoms. The number of amides is 2. The van der Waals surface area contributed by atoms with Crippen LogP contribution in [0.3, 0.4) is 0 Å². The molecule has 2 aromatic rings. The summed E-state index contributed by atoms with van der Waals surface area (Å²) in [5, 5.41) is 16.7. The molecule has 134 valence electrons. The quantitative estimate of drug-likeness (QED) is 0.815. The van der Waals surface area contributed by atoms with Crippen molar-refractivity contribution in [1.82, 2.24) is 30.8 Å². The lowest BCUT2D eigenvalue weighted by atomic mass is 10.0. The molecule has 7 nitrogen and oxygen atoms in total. The average Bonchev–Trinajstić information content (AvgIpc) is 3.00. The maximum atomic E-state index is 13.6. The van der Waals surface area contributed by atoms with Crippen molar-refractivity contribution in [3.05, 3.63) is 41.5 Å². The van der Waals surface area contributed by atoms with Crippen molar-refractivity contribution >= 4 is 6.03 Å². The van der Waals surface area contributed by atoms with E-state index in [9.17, 15) is 9.18 Å². The number of rotatable bonds is 5. The number of urea groups is 1. The summed E-state index contributed by atoms with van der Waals surface area (Å²) >= 11 is 0. The fraction of sp³-hybridized carbons (Fsp3) is 0.529. The predicted molar refractivity (Wildman–Crippen MR) is 90.2 cm³/mol. The molecule has 1 saturated heterocycles. The lowest BCUT2D eigenvalue weighted by Crippen LogP contribution is -2.42. The van der Waals surface area contributed by atoms with E-state index in [0.717, 1.165) is 37.7 Å². The first kappa shape index (κ1) is 17.3. The van der Waals surface area contributed by atoms with Gasteiger partial charge < -0.3 is 10.2 Å². The van der Waals surface area contributed by atoms with Crippen LogP contribution in [0.5, 0.6) is 0 Å². The maximum Gasteiger partial charge on any atom is 0.317 e. The van der Waals surface area contributed by atoms with Crippen LogP contribution >= 0.6 is 0 Å². The van der Waals surface area contributed by atoms with Crippen molar-refractivity contribution < 1.29 is 9.18 Å². The van der Waals surface area contributed by atoms with E-state index in [1.807, 2.05) is 11.0 Å². The van der Waals surface area contributed by atoms with Crippen LogP contribution in [0, 0.1) is 5.82 Å². The van der Waals surface area contributed by atoms with Gasteiger partial charge in [-0.05, 0) is 37.0 Å². The molecule has 0 aliphatic carbocycles. The van der Waals surface area contributed by atoms with Crippen molar-refractivity contribution in [2.24, 2.45) is 0 Å². The van der Waals surface area contributed by atoms with Crippen LogP contribution in [-0.4, -0.2) is 44.6 Å². The predicted octanol–water partition coefficient (Wildman–Crippen LogP) is 2.60. The summed E-state index contributed by atoms with van der Waals surface area (Å²) in [6.07, 6.45) is 5.37. The van der Waals surface area contributed by atoms with Crippen molar-refractivity contribution in [3.63, 3.8) is 0 Å². The van der Waals surface area contributed by atoms with Gasteiger partial charge in [-0.2, -0.15) is 5.21 Å². The number of tetrazole rings is 1. The van der Waals surface area contributed by atoms with E-state index < -0.39 is 0 Å². The molecule has 25 heavy (non-hydrogen) atoms. The van der Waals surface area contributed by atoms with Crippen LogP contribution in [0.4, 0.5) is 9.18 Å². The minimum absolute atomic E-state index is 0.0737. The number of aromatic amines is 1. The van der Waals surface area contributed by atoms with Crippen molar-refractivity contribution in [1.29, 1.82) is 0 Å². The number of hydrogen-bond acceptors (Lipinski definition) is 4. The Bertz CT molecular complexity index is 678. The first-order valence-corrected chi connectivity index (χ1v) is 8.76. The van der Waals surface area contributed by atoms with Crippen LogP contribution in [-0.2, 0) is 6.42 Å². The van der Waals surface area contributed by atoms with Gasteiger partial charge in [0.05, 0.1) is 6.04 Å². The summed E-state index contributed by atoms with van der Waals surface area (Å²) in [5.41, 5.74) is 0.865. The summed E-state index contributed by atoms with van der Waals surface area (Å²) in [5.74, 6) is 0.379. The second-order valence-electron chi connectivity index (χ2n) is 6.28. The van der Waals surface area contributed by atoms with Gasteiger partial charge in [0.15, 0.2) is 5.82 Å². The van der Waals surface area contributed by atoms with Crippen LogP contribution in [0.1, 0.15) is 49.5 Å². The highest BCUT2D eigenvalue weighted by molar-refractivity contribution is 5.74. The maximum absolute atomic E-state index is 13.6. The molecule has 1 fully saturated rings. The third-order valence-corrected chi connectivity index (χ3v) is 4.49. The first-order chi connectivity index (χ1) is 12.2. The van der Waals surface area contributed by atoms with E-state index in [2.05, 4.69) is 25.9 Å². The monoisotopic (exact) mass is 346 g/mol. The molecule has 0 bridgehead atoms. The first-order valence-electron chi connectivity index (χ1n) is 8.76. The van der Waals surface area contributed by atoms with E-state index in [1.54, 1.807) is 6.07 Å². The van der Waals surface area contributed by atoms with Gasteiger partial charge in [0, 0.05) is 19.5 Å². The van der Waals surface area contributed by atoms with Gasteiger partial charge >= 0.3 is 6.03 Å². The number of carbonyl (C=O) groups excluding carboxylic acids is 1. The lowest BCUT2D eigenvalue weighted by molar-refractivity contribution is 0.175. The summed E-state index contributed by atoms with van der Waals surface area (Å²) in [4.78, 5) is 14.5. The Hall–Kier alpha value is -2.51. The van der Waals surface area contributed by atoms with E-state index in [1.165, 1.54) is 12.1 Å². The number of carbonyl (C=O) groups is 1. The number of likely N-dealkylation sites (tertiary alicyclic amines) is 1. The lowest BCUT2D eigenvalue weighted by Gasteiger charge is -2.30. The van der Waals surface area contributed by atoms with E-state index in [-0.39, 0.29) is 17.9 Å². The second-order valence-corrected chi connectivity index (χ2v) is 6.28. The summed E-state index contributed by atoms with van der Waals surface area (Å²) in [6.45, 7) is 1.23. The Morgan fingerprint density at radius 2 is 2.28 bits per heavy atom. The number of aromatic nitrogens is 4. The van der Waals surface area contributed by atoms with Crippen molar-refractivity contribution in [2.75, 3.05) is 13.1 Å². The van der Waals surface area contributed by atoms with Gasteiger partial charge in [-0.3, -0.25) is 0 Å². The minimum atomic E-state index is -0.262. The zero-order valence-electron chi connectivity index (χ0n) is 14.1. The highest BCUT2D eigenvalue weighted by atomic mass is 19.1. The number of hydrogen-bond donors (Lipinski definition) is 2. The Morgan fingerprint density at radius 3 is 3.08 bits per heavy atom. The zero-order chi connectivity index (χ0) is 17.5. The van der Waals surface area contributed by atoms with Gasteiger partial charge in [-0.25, -0.2) is 9.18 Å². The average molecular weight is 346 g/mol. The SMILES string of the molecule is O=C(NCCCc1nn[nH]n1)N1CCCCC[C@@H]1c1cccc(F)c1. The van der Waals surface area contributed by atoms with Crippen LogP contribution < -0.4 is 5.32 Å². The summed E-state index contributed by atoms with van der Waals surface area (Å²) < 4.78 is 13.6. The van der Waals surface area contributed by atoms with E-state index >= 15 is 0 Å². The number of nitrogens with zero attached hydrogens (tertiary/aromatic N) is 4. The molecule has 1 atom stereocenters. The Kier molecular flexibility index (Phi) is 5.92. The summed E-state index contributed by atoms with van der Waals surface area (Å²) in [7, 11) is 0. The molecule has 2 amide bonds. The zero-order valence-corrected chi connectivity index (χ0v) is 14.1. The normalized spacial score (nSPS) is 18.0. The highest BCUT2D eigenvalue weighted by Crippen LogP contribution is 2.30. The van der Waals surface area contributed by atoms with Gasteiger partial charge in [0.2, 0.25) is 0 Å². The van der Waals surface area contributed by atoms with E-state index in [0.29, 0.717) is 25.3 Å². The van der Waals surface area contributed by atoms with Gasteiger partial charge in [-0.15, -0.1) is 10.2 Å². The summed E-state index contributed by atoms with van der Waals surface area (Å²) in [6, 6.07) is 6.40. The number of aryl methyl sites for hydroxylation is 1. The van der Waals surface area contributed by atoms with Gasteiger partial charge in [-0.1, -0.05) is 30.2 Å². The molecule has 1 aliphatic rings. The molecule has 1 aliphatic heterocycles. The minimum Gasteiger partial charge on any atom is -0.338 e. The molecule has 2 heterocycles. The molecular formula is C17H23FN6O. The molecule has 0 radical (unpaired) electrons. The molecule has 2 N–H and O–H groups in total. The smallest absolute Gasteiger partial charge is 0.317 e. The number of nitrogens with one attached hydrogen (secondary N) is 2. The molecule has 0 saturated carbocycles. The molecule has 0 unspecified atom stereocenters. The van der Waals surface area contributed by atoms with Crippen LogP contribution in [0.25, 0.3) is 0 Å². The fourth-order valence-electron chi connectivity index (χ4n) is 3.24. The number of benzene rings is 1. The molecule has 0 spiro atoms.